The summed E-state index contributed by atoms with van der Waals surface area (Å²) in [7, 11) is 1.38. The van der Waals surface area contributed by atoms with Crippen LogP contribution in [0.5, 0.6) is 5.75 Å². The van der Waals surface area contributed by atoms with Crippen molar-refractivity contribution in [3.63, 3.8) is 0 Å². The van der Waals surface area contributed by atoms with E-state index < -0.39 is 17.6 Å². The van der Waals surface area contributed by atoms with E-state index in [-0.39, 0.29) is 16.3 Å². The Balaban J connectivity index is 3.27. The van der Waals surface area contributed by atoms with E-state index in [4.69, 9.17) is 22.1 Å². The SMILES string of the molecule is COc1cc(F)c(Cl)c(C(=O)C(C)N)c1. The molecule has 1 rings (SSSR count). The second-order valence-electron chi connectivity index (χ2n) is 3.12. The standard InChI is InChI=1S/C10H11ClFNO2/c1-5(13)10(14)7-3-6(15-2)4-8(12)9(7)11/h3-5H,13H2,1-2H3. The first-order chi connectivity index (χ1) is 6.97. The molecule has 1 aromatic carbocycles. The number of ether oxygens (including phenoxy) is 1. The number of hydrogen-bond acceptors (Lipinski definition) is 3. The van der Waals surface area contributed by atoms with Crippen LogP contribution in [0.2, 0.25) is 5.02 Å². The molecule has 3 nitrogen and oxygen atoms in total. The summed E-state index contributed by atoms with van der Waals surface area (Å²) in [6, 6.07) is 1.76. The van der Waals surface area contributed by atoms with Gasteiger partial charge in [-0.3, -0.25) is 4.79 Å². The summed E-state index contributed by atoms with van der Waals surface area (Å²) in [6.07, 6.45) is 0. The van der Waals surface area contributed by atoms with Gasteiger partial charge in [0.05, 0.1) is 18.2 Å². The van der Waals surface area contributed by atoms with Crippen molar-refractivity contribution >= 4 is 17.4 Å². The zero-order valence-electron chi connectivity index (χ0n) is 8.38. The third kappa shape index (κ3) is 2.46. The molecule has 0 aliphatic heterocycles. The molecule has 5 heteroatoms. The van der Waals surface area contributed by atoms with Crippen LogP contribution < -0.4 is 10.5 Å². The lowest BCUT2D eigenvalue weighted by molar-refractivity contribution is 0.0967. The lowest BCUT2D eigenvalue weighted by atomic mass is 10.1. The summed E-state index contributed by atoms with van der Waals surface area (Å²) in [5.74, 6) is -0.876. The van der Waals surface area contributed by atoms with Gasteiger partial charge in [0, 0.05) is 11.6 Å². The van der Waals surface area contributed by atoms with Crippen LogP contribution in [-0.4, -0.2) is 18.9 Å². The molecule has 1 aromatic rings. The number of carbonyl (C=O) groups is 1. The van der Waals surface area contributed by atoms with Gasteiger partial charge in [-0.15, -0.1) is 0 Å². The fourth-order valence-electron chi connectivity index (χ4n) is 1.11. The number of methoxy groups -OCH3 is 1. The van der Waals surface area contributed by atoms with Crippen molar-refractivity contribution < 1.29 is 13.9 Å². The molecule has 0 saturated heterocycles. The fraction of sp³-hybridized carbons (Fsp3) is 0.300. The summed E-state index contributed by atoms with van der Waals surface area (Å²) in [5, 5.41) is -0.224. The van der Waals surface area contributed by atoms with E-state index in [1.807, 2.05) is 0 Å². The van der Waals surface area contributed by atoms with Crippen molar-refractivity contribution in [2.75, 3.05) is 7.11 Å². The topological polar surface area (TPSA) is 52.3 Å². The number of nitrogens with two attached hydrogens (primary N) is 1. The van der Waals surface area contributed by atoms with Gasteiger partial charge >= 0.3 is 0 Å². The molecule has 82 valence electrons. The lowest BCUT2D eigenvalue weighted by Crippen LogP contribution is -2.27. The molecule has 0 fully saturated rings. The van der Waals surface area contributed by atoms with Gasteiger partial charge < -0.3 is 10.5 Å². The molecule has 0 saturated carbocycles. The van der Waals surface area contributed by atoms with E-state index in [1.54, 1.807) is 0 Å². The Morgan fingerprint density at radius 3 is 2.67 bits per heavy atom. The summed E-state index contributed by atoms with van der Waals surface area (Å²) in [5.41, 5.74) is 5.45. The predicted octanol–water partition coefficient (Wildman–Crippen LogP) is 2.02. The van der Waals surface area contributed by atoms with E-state index in [0.717, 1.165) is 6.07 Å². The molecule has 0 radical (unpaired) electrons. The highest BCUT2D eigenvalue weighted by molar-refractivity contribution is 6.34. The van der Waals surface area contributed by atoms with Crippen molar-refractivity contribution in [1.29, 1.82) is 0 Å². The van der Waals surface area contributed by atoms with Crippen LogP contribution in [-0.2, 0) is 0 Å². The summed E-state index contributed by atoms with van der Waals surface area (Å²) < 4.78 is 18.1. The minimum atomic E-state index is -0.728. The molecular formula is C10H11ClFNO2. The third-order valence-corrected chi connectivity index (χ3v) is 2.30. The maximum atomic E-state index is 13.2. The normalized spacial score (nSPS) is 12.3. The smallest absolute Gasteiger partial charge is 0.180 e. The Labute approximate surface area is 92.0 Å². The Bertz CT molecular complexity index is 393. The molecular weight excluding hydrogens is 221 g/mol. The largest absolute Gasteiger partial charge is 0.497 e. The zero-order valence-corrected chi connectivity index (χ0v) is 9.14. The average Bonchev–Trinajstić information content (AvgIpc) is 2.20. The number of carbonyl (C=O) groups excluding carboxylic acids is 1. The Morgan fingerprint density at radius 2 is 2.20 bits per heavy atom. The number of halogens is 2. The van der Waals surface area contributed by atoms with Crippen LogP contribution >= 0.6 is 11.6 Å². The molecule has 0 spiro atoms. The van der Waals surface area contributed by atoms with Crippen molar-refractivity contribution in [2.24, 2.45) is 5.73 Å². The van der Waals surface area contributed by atoms with E-state index in [9.17, 15) is 9.18 Å². The zero-order chi connectivity index (χ0) is 11.6. The van der Waals surface area contributed by atoms with Gasteiger partial charge in [0.25, 0.3) is 0 Å². The maximum Gasteiger partial charge on any atom is 0.180 e. The lowest BCUT2D eigenvalue weighted by Gasteiger charge is -2.09. The molecule has 15 heavy (non-hydrogen) atoms. The summed E-state index contributed by atoms with van der Waals surface area (Å²) >= 11 is 5.65. The van der Waals surface area contributed by atoms with Gasteiger partial charge in [0.15, 0.2) is 5.78 Å². The molecule has 0 aliphatic carbocycles. The first-order valence-corrected chi connectivity index (χ1v) is 4.68. The van der Waals surface area contributed by atoms with Gasteiger partial charge in [-0.2, -0.15) is 0 Å². The molecule has 0 aliphatic rings. The number of benzene rings is 1. The summed E-state index contributed by atoms with van der Waals surface area (Å²) in [6.45, 7) is 1.51. The van der Waals surface area contributed by atoms with Crippen LogP contribution in [0.1, 0.15) is 17.3 Å². The highest BCUT2D eigenvalue weighted by atomic mass is 35.5. The van der Waals surface area contributed by atoms with Crippen LogP contribution in [0.25, 0.3) is 0 Å². The highest BCUT2D eigenvalue weighted by Crippen LogP contribution is 2.26. The molecule has 1 atom stereocenters. The number of hydrogen-bond donors (Lipinski definition) is 1. The van der Waals surface area contributed by atoms with Crippen molar-refractivity contribution in [2.45, 2.75) is 13.0 Å². The van der Waals surface area contributed by atoms with Crippen LogP contribution in [0, 0.1) is 5.82 Å². The van der Waals surface area contributed by atoms with Crippen molar-refractivity contribution in [3.05, 3.63) is 28.5 Å². The first-order valence-electron chi connectivity index (χ1n) is 4.30. The van der Waals surface area contributed by atoms with Crippen molar-refractivity contribution in [3.8, 4) is 5.75 Å². The highest BCUT2D eigenvalue weighted by Gasteiger charge is 2.18. The Morgan fingerprint density at radius 1 is 1.60 bits per heavy atom. The van der Waals surface area contributed by atoms with Crippen LogP contribution in [0.4, 0.5) is 4.39 Å². The van der Waals surface area contributed by atoms with Gasteiger partial charge in [-0.25, -0.2) is 4.39 Å². The number of Topliss-reactive ketones (excluding diaryl/α,β-unsaturated/α-hetero) is 1. The molecule has 1 unspecified atom stereocenters. The number of rotatable bonds is 3. The second-order valence-corrected chi connectivity index (χ2v) is 3.50. The molecule has 0 aromatic heterocycles. The number of ketones is 1. The van der Waals surface area contributed by atoms with Crippen molar-refractivity contribution in [1.82, 2.24) is 0 Å². The van der Waals surface area contributed by atoms with Crippen LogP contribution in [0.3, 0.4) is 0 Å². The van der Waals surface area contributed by atoms with Gasteiger partial charge in [0.1, 0.15) is 11.6 Å². The molecule has 0 heterocycles. The van der Waals surface area contributed by atoms with E-state index >= 15 is 0 Å². The van der Waals surface area contributed by atoms with E-state index in [2.05, 4.69) is 0 Å². The molecule has 0 bridgehead atoms. The van der Waals surface area contributed by atoms with Crippen LogP contribution in [0.15, 0.2) is 12.1 Å². The minimum absolute atomic E-state index is 0.0449. The van der Waals surface area contributed by atoms with Gasteiger partial charge in [0.2, 0.25) is 0 Å². The molecule has 2 N–H and O–H groups in total. The fourth-order valence-corrected chi connectivity index (χ4v) is 1.31. The first kappa shape index (κ1) is 11.9. The Hall–Kier alpha value is -1.13. The van der Waals surface area contributed by atoms with E-state index in [0.29, 0.717) is 0 Å². The summed E-state index contributed by atoms with van der Waals surface area (Å²) in [4.78, 5) is 11.6. The quantitative estimate of drug-likeness (QED) is 0.810. The average molecular weight is 232 g/mol. The monoisotopic (exact) mass is 231 g/mol. The van der Waals surface area contributed by atoms with E-state index in [1.165, 1.54) is 20.1 Å². The Kier molecular flexibility index (Phi) is 3.66. The minimum Gasteiger partial charge on any atom is -0.497 e. The predicted molar refractivity (Wildman–Crippen MR) is 55.9 cm³/mol. The van der Waals surface area contributed by atoms with Gasteiger partial charge in [-0.1, -0.05) is 11.6 Å². The maximum absolute atomic E-state index is 13.2. The van der Waals surface area contributed by atoms with Gasteiger partial charge in [-0.05, 0) is 13.0 Å². The molecule has 0 amide bonds. The second kappa shape index (κ2) is 4.59. The third-order valence-electron chi connectivity index (χ3n) is 1.92.